The van der Waals surface area contributed by atoms with E-state index in [1.807, 2.05) is 0 Å². The Morgan fingerprint density at radius 2 is 0.930 bits per heavy atom. The maximum atomic E-state index is 6.93. The predicted molar refractivity (Wildman–Crippen MR) is 300 cm³/mol. The summed E-state index contributed by atoms with van der Waals surface area (Å²) in [5.74, 6) is 0. The summed E-state index contributed by atoms with van der Waals surface area (Å²) in [4.78, 5) is 4.99. The summed E-state index contributed by atoms with van der Waals surface area (Å²) in [6, 6.07) is 73.7. The first-order chi connectivity index (χ1) is 34.9. The first-order valence-electron chi connectivity index (χ1n) is 25.1. The largest absolute Gasteiger partial charge is 0.454 e. The van der Waals surface area contributed by atoms with Gasteiger partial charge >= 0.3 is 0 Å². The molecule has 0 fully saturated rings. The van der Waals surface area contributed by atoms with Crippen LogP contribution in [0.1, 0.15) is 43.9 Å². The van der Waals surface area contributed by atoms with E-state index < -0.39 is 0 Å². The Balaban J connectivity index is 1.08. The van der Waals surface area contributed by atoms with E-state index in [2.05, 4.69) is 231 Å². The van der Waals surface area contributed by atoms with E-state index >= 15 is 0 Å². The van der Waals surface area contributed by atoms with Gasteiger partial charge in [-0.3, -0.25) is 0 Å². The van der Waals surface area contributed by atoms with Crippen molar-refractivity contribution >= 4 is 132 Å². The van der Waals surface area contributed by atoms with E-state index in [1.54, 1.807) is 0 Å². The van der Waals surface area contributed by atoms with Gasteiger partial charge in [0.05, 0.1) is 22.7 Å². The Morgan fingerprint density at radius 1 is 0.408 bits per heavy atom. The summed E-state index contributed by atoms with van der Waals surface area (Å²) >= 11 is 0. The molecule has 0 aliphatic heterocycles. The molecule has 2 heterocycles. The van der Waals surface area contributed by atoms with Crippen LogP contribution in [0.4, 0.5) is 34.1 Å². The first kappa shape index (κ1) is 40.3. The molecule has 0 saturated heterocycles. The highest BCUT2D eigenvalue weighted by atomic mass is 16.3. The summed E-state index contributed by atoms with van der Waals surface area (Å²) in [5, 5.41) is 17.1. The van der Waals surface area contributed by atoms with E-state index in [-0.39, 0.29) is 5.41 Å². The van der Waals surface area contributed by atoms with Gasteiger partial charge < -0.3 is 18.6 Å². The molecular weight excluding hydrogens is 865 g/mol. The van der Waals surface area contributed by atoms with Crippen LogP contribution >= 0.6 is 0 Å². The number of hydrogen-bond donors (Lipinski definition) is 0. The highest BCUT2D eigenvalue weighted by Gasteiger charge is 2.34. The highest BCUT2D eigenvalue weighted by Crippen LogP contribution is 2.55. The number of furan rings is 2. The van der Waals surface area contributed by atoms with Gasteiger partial charge in [-0.25, -0.2) is 0 Å². The van der Waals surface area contributed by atoms with Crippen molar-refractivity contribution in [3.63, 3.8) is 0 Å². The van der Waals surface area contributed by atoms with Crippen LogP contribution in [0, 0.1) is 0 Å². The zero-order valence-corrected chi connectivity index (χ0v) is 39.9. The zero-order valence-electron chi connectivity index (χ0n) is 39.9. The van der Waals surface area contributed by atoms with Gasteiger partial charge in [-0.05, 0) is 146 Å². The lowest BCUT2D eigenvalue weighted by molar-refractivity contribution is 0.475. The molecule has 4 heteroatoms. The van der Waals surface area contributed by atoms with E-state index in [9.17, 15) is 0 Å². The second-order valence-corrected chi connectivity index (χ2v) is 20.3. The normalized spacial score (nSPS) is 13.6. The lowest BCUT2D eigenvalue weighted by atomic mass is 9.70. The average molecular weight is 913 g/mol. The molecule has 14 aromatic rings. The molecule has 12 aromatic carbocycles. The minimum Gasteiger partial charge on any atom is -0.454 e. The summed E-state index contributed by atoms with van der Waals surface area (Å²) in [6.45, 7) is 7.21. The summed E-state index contributed by atoms with van der Waals surface area (Å²) in [6.07, 6.45) is 2.88. The number of fused-ring (bicyclic) bond motifs is 8. The number of aryl methyl sites for hydroxylation is 2. The standard InChI is InChI=1S/C67H48N2O2/c1-4-40-37-59(69(47-30-28-42-16-6-8-18-44(42)36-47)57-24-14-22-52-50-20-10-12-26-61(50)71-66(52)57)54-39-55-62-45(33-34-67(55,2)3)38-58(53-32-31-48(40)63(54)64(53)62)68(46-29-27-41-15-5-7-17-43(41)35-46)56-23-13-21-51-49-19-9-11-25-60(49)70-65(51)56/h5-32,35-39H,4,33-34H2,1-3H3. The third-order valence-electron chi connectivity index (χ3n) is 16.0. The van der Waals surface area contributed by atoms with Crippen LogP contribution in [0.15, 0.2) is 209 Å². The van der Waals surface area contributed by atoms with Crippen molar-refractivity contribution in [3.8, 4) is 0 Å². The molecule has 2 aromatic heterocycles. The molecule has 0 bridgehead atoms. The summed E-state index contributed by atoms with van der Waals surface area (Å²) in [7, 11) is 0. The number of hydrogen-bond acceptors (Lipinski definition) is 4. The number of rotatable bonds is 7. The number of anilines is 6. The maximum Gasteiger partial charge on any atom is 0.159 e. The van der Waals surface area contributed by atoms with Crippen LogP contribution in [0.2, 0.25) is 0 Å². The van der Waals surface area contributed by atoms with E-state index in [4.69, 9.17) is 8.83 Å². The van der Waals surface area contributed by atoms with Crippen molar-refractivity contribution < 1.29 is 8.83 Å². The van der Waals surface area contributed by atoms with Gasteiger partial charge in [0.2, 0.25) is 0 Å². The molecule has 0 saturated carbocycles. The zero-order chi connectivity index (χ0) is 47.1. The second-order valence-electron chi connectivity index (χ2n) is 20.3. The third-order valence-corrected chi connectivity index (χ3v) is 16.0. The topological polar surface area (TPSA) is 32.8 Å². The fourth-order valence-electron chi connectivity index (χ4n) is 12.5. The predicted octanol–water partition coefficient (Wildman–Crippen LogP) is 19.4. The van der Waals surface area contributed by atoms with Gasteiger partial charge in [-0.15, -0.1) is 0 Å². The summed E-state index contributed by atoms with van der Waals surface area (Å²) < 4.78 is 13.8. The Labute approximate surface area is 410 Å². The van der Waals surface area contributed by atoms with Crippen molar-refractivity contribution in [3.05, 3.63) is 217 Å². The Morgan fingerprint density at radius 3 is 1.52 bits per heavy atom. The number of benzene rings is 12. The number of para-hydroxylation sites is 4. The molecule has 15 rings (SSSR count). The molecule has 4 nitrogen and oxygen atoms in total. The quantitative estimate of drug-likeness (QED) is 0.149. The average Bonchev–Trinajstić information content (AvgIpc) is 4.00. The van der Waals surface area contributed by atoms with E-state index in [0.29, 0.717) is 0 Å². The fraction of sp³-hybridized carbons (Fsp3) is 0.104. The Kier molecular flexibility index (Phi) is 8.49. The minimum atomic E-state index is -0.0770. The molecule has 0 unspecified atom stereocenters. The second kappa shape index (κ2) is 15.0. The molecule has 1 aliphatic carbocycles. The Bertz CT molecular complexity index is 4510. The van der Waals surface area contributed by atoms with Crippen molar-refractivity contribution in [1.29, 1.82) is 0 Å². The minimum absolute atomic E-state index is 0.0770. The molecule has 0 N–H and O–H groups in total. The molecule has 338 valence electrons. The van der Waals surface area contributed by atoms with E-state index in [0.717, 1.165) is 97.3 Å². The lowest BCUT2D eigenvalue weighted by Gasteiger charge is -2.37. The molecular formula is C67H48N2O2. The van der Waals surface area contributed by atoms with Crippen molar-refractivity contribution in [1.82, 2.24) is 0 Å². The van der Waals surface area contributed by atoms with Crippen LogP contribution < -0.4 is 9.80 Å². The molecule has 0 atom stereocenters. The van der Waals surface area contributed by atoms with Crippen LogP contribution in [0.25, 0.3) is 97.7 Å². The smallest absolute Gasteiger partial charge is 0.159 e. The fourth-order valence-corrected chi connectivity index (χ4v) is 12.5. The maximum absolute atomic E-state index is 6.93. The molecule has 71 heavy (non-hydrogen) atoms. The van der Waals surface area contributed by atoms with Gasteiger partial charge in [0.15, 0.2) is 11.2 Å². The van der Waals surface area contributed by atoms with Crippen LogP contribution in [-0.4, -0.2) is 0 Å². The van der Waals surface area contributed by atoms with Crippen molar-refractivity contribution in [2.24, 2.45) is 0 Å². The van der Waals surface area contributed by atoms with Crippen LogP contribution in [0.5, 0.6) is 0 Å². The van der Waals surface area contributed by atoms with Gasteiger partial charge in [0.25, 0.3) is 0 Å². The monoisotopic (exact) mass is 912 g/mol. The van der Waals surface area contributed by atoms with Gasteiger partial charge in [-0.2, -0.15) is 0 Å². The SMILES string of the molecule is CCc1cc(N(c2ccc3ccccc3c2)c2cccc3c2oc2ccccc23)c2cc3c4c(cc(N(c5ccc6ccccc6c5)c5cccc6c5oc5ccccc56)c5ccc1c2c54)CCC3(C)C. The van der Waals surface area contributed by atoms with Gasteiger partial charge in [0.1, 0.15) is 11.2 Å². The van der Waals surface area contributed by atoms with Gasteiger partial charge in [0, 0.05) is 49.1 Å². The highest BCUT2D eigenvalue weighted by molar-refractivity contribution is 6.31. The first-order valence-corrected chi connectivity index (χ1v) is 25.1. The van der Waals surface area contributed by atoms with Crippen LogP contribution in [-0.2, 0) is 18.3 Å². The summed E-state index contributed by atoms with van der Waals surface area (Å²) in [5.41, 5.74) is 14.1. The van der Waals surface area contributed by atoms with E-state index in [1.165, 1.54) is 70.6 Å². The van der Waals surface area contributed by atoms with Crippen molar-refractivity contribution in [2.75, 3.05) is 9.80 Å². The van der Waals surface area contributed by atoms with Crippen LogP contribution in [0.3, 0.4) is 0 Å². The third kappa shape index (κ3) is 5.85. The molecule has 0 spiro atoms. The number of nitrogens with zero attached hydrogens (tertiary/aromatic N) is 2. The molecule has 0 amide bonds. The lowest BCUT2D eigenvalue weighted by Crippen LogP contribution is -2.24. The molecule has 1 aliphatic rings. The van der Waals surface area contributed by atoms with Gasteiger partial charge in [-0.1, -0.05) is 154 Å². The molecule has 0 radical (unpaired) electrons. The Hall–Kier alpha value is -8.60. The van der Waals surface area contributed by atoms with Crippen molar-refractivity contribution in [2.45, 2.75) is 45.4 Å².